The van der Waals surface area contributed by atoms with Crippen LogP contribution < -0.4 is 15.8 Å². The van der Waals surface area contributed by atoms with Gasteiger partial charge < -0.3 is 20.9 Å². The van der Waals surface area contributed by atoms with Crippen LogP contribution in [0.15, 0.2) is 83.6 Å². The molecule has 0 radical (unpaired) electrons. The molecule has 0 unspecified atom stereocenters. The van der Waals surface area contributed by atoms with Crippen LogP contribution in [0.1, 0.15) is 24.0 Å². The number of amides is 2. The number of hydrogen-bond acceptors (Lipinski definition) is 6. The van der Waals surface area contributed by atoms with Crippen LogP contribution >= 0.6 is 15.9 Å². The molecular formula is C29H30BrN5O4. The second-order valence-corrected chi connectivity index (χ2v) is 9.82. The zero-order valence-corrected chi connectivity index (χ0v) is 22.9. The van der Waals surface area contributed by atoms with E-state index in [9.17, 15) is 14.7 Å². The van der Waals surface area contributed by atoms with E-state index in [-0.39, 0.29) is 25.5 Å². The van der Waals surface area contributed by atoms with Crippen molar-refractivity contribution < 1.29 is 19.4 Å². The van der Waals surface area contributed by atoms with E-state index in [0.29, 0.717) is 30.8 Å². The average Bonchev–Trinajstić information content (AvgIpc) is 3.30. The summed E-state index contributed by atoms with van der Waals surface area (Å²) in [5, 5.41) is 17.4. The number of ether oxygens (including phenoxy) is 1. The molecule has 9 nitrogen and oxygen atoms in total. The maximum Gasteiger partial charge on any atom is 0.240 e. The smallest absolute Gasteiger partial charge is 0.240 e. The number of primary amides is 1. The molecular weight excluding hydrogens is 562 g/mol. The Balaban J connectivity index is 1.47. The minimum atomic E-state index is -0.794. The summed E-state index contributed by atoms with van der Waals surface area (Å²) >= 11 is 3.51. The first kappa shape index (κ1) is 28.0. The Morgan fingerprint density at radius 1 is 1.10 bits per heavy atom. The van der Waals surface area contributed by atoms with E-state index >= 15 is 0 Å². The molecule has 10 heteroatoms. The number of hydrogen-bond donors (Lipinski definition) is 3. The summed E-state index contributed by atoms with van der Waals surface area (Å²) in [5.41, 5.74) is 9.41. The number of nitrogens with one attached hydrogen (secondary N) is 1. The highest BCUT2D eigenvalue weighted by atomic mass is 79.9. The highest BCUT2D eigenvalue weighted by molar-refractivity contribution is 9.10. The van der Waals surface area contributed by atoms with Gasteiger partial charge in [0.2, 0.25) is 17.7 Å². The van der Waals surface area contributed by atoms with Gasteiger partial charge in [0.15, 0.2) is 0 Å². The molecule has 2 heterocycles. The number of nitrogens with zero attached hydrogens (tertiary/aromatic N) is 3. The molecule has 4 rings (SSSR count). The lowest BCUT2D eigenvalue weighted by molar-refractivity contribution is -0.127. The molecule has 202 valence electrons. The molecule has 0 saturated heterocycles. The predicted molar refractivity (Wildman–Crippen MR) is 151 cm³/mol. The van der Waals surface area contributed by atoms with Crippen molar-refractivity contribution in [2.75, 3.05) is 13.2 Å². The number of aliphatic hydroxyl groups excluding tert-OH is 1. The van der Waals surface area contributed by atoms with Crippen LogP contribution in [0.25, 0.3) is 16.9 Å². The van der Waals surface area contributed by atoms with Gasteiger partial charge in [0, 0.05) is 53.9 Å². The minimum absolute atomic E-state index is 0.0911. The molecule has 0 aliphatic rings. The monoisotopic (exact) mass is 591 g/mol. The van der Waals surface area contributed by atoms with Crippen molar-refractivity contribution in [3.05, 3.63) is 94.7 Å². The Bertz CT molecular complexity index is 1400. The van der Waals surface area contributed by atoms with E-state index in [4.69, 9.17) is 15.6 Å². The summed E-state index contributed by atoms with van der Waals surface area (Å²) < 4.78 is 8.77. The van der Waals surface area contributed by atoms with Crippen LogP contribution in [-0.2, 0) is 22.4 Å². The molecule has 0 saturated carbocycles. The highest BCUT2D eigenvalue weighted by Crippen LogP contribution is 2.33. The van der Waals surface area contributed by atoms with Crippen molar-refractivity contribution in [3.63, 3.8) is 0 Å². The third-order valence-corrected chi connectivity index (χ3v) is 6.53. The molecule has 0 aliphatic heterocycles. The quantitative estimate of drug-likeness (QED) is 0.203. The Kier molecular flexibility index (Phi) is 9.82. The number of pyridine rings is 1. The van der Waals surface area contributed by atoms with Crippen LogP contribution in [0.2, 0.25) is 0 Å². The van der Waals surface area contributed by atoms with E-state index in [2.05, 4.69) is 26.2 Å². The average molecular weight is 592 g/mol. The lowest BCUT2D eigenvalue weighted by atomic mass is 10.1. The predicted octanol–water partition coefficient (Wildman–Crippen LogP) is 3.60. The topological polar surface area (TPSA) is 132 Å². The molecule has 2 aromatic carbocycles. The summed E-state index contributed by atoms with van der Waals surface area (Å²) in [5.74, 6) is -0.385. The van der Waals surface area contributed by atoms with Crippen LogP contribution in [-0.4, -0.2) is 50.9 Å². The van der Waals surface area contributed by atoms with Crippen LogP contribution in [0.5, 0.6) is 5.88 Å². The number of rotatable bonds is 13. The number of aromatic nitrogens is 3. The van der Waals surface area contributed by atoms with Gasteiger partial charge in [-0.05, 0) is 42.3 Å². The van der Waals surface area contributed by atoms with Crippen molar-refractivity contribution in [3.8, 4) is 22.8 Å². The Morgan fingerprint density at radius 3 is 2.62 bits per heavy atom. The Labute approximate surface area is 235 Å². The van der Waals surface area contributed by atoms with Gasteiger partial charge >= 0.3 is 0 Å². The van der Waals surface area contributed by atoms with E-state index in [1.165, 1.54) is 0 Å². The number of nitrogens with two attached hydrogens (primary N) is 1. The van der Waals surface area contributed by atoms with Gasteiger partial charge in [-0.1, -0.05) is 52.3 Å². The van der Waals surface area contributed by atoms with E-state index in [1.54, 1.807) is 17.1 Å². The van der Waals surface area contributed by atoms with Crippen LogP contribution in [0.3, 0.4) is 0 Å². The maximum absolute atomic E-state index is 12.6. The largest absolute Gasteiger partial charge is 0.477 e. The first-order valence-corrected chi connectivity index (χ1v) is 13.4. The summed E-state index contributed by atoms with van der Waals surface area (Å²) in [6.07, 6.45) is 4.60. The molecule has 4 aromatic rings. The van der Waals surface area contributed by atoms with Gasteiger partial charge in [-0.3, -0.25) is 14.6 Å². The fourth-order valence-corrected chi connectivity index (χ4v) is 4.57. The molecule has 0 bridgehead atoms. The molecule has 2 aromatic heterocycles. The molecule has 1 atom stereocenters. The third-order valence-electron chi connectivity index (χ3n) is 6.03. The lowest BCUT2D eigenvalue weighted by Gasteiger charge is -2.16. The Hall–Kier alpha value is -4.02. The summed E-state index contributed by atoms with van der Waals surface area (Å²) in [4.78, 5) is 28.7. The van der Waals surface area contributed by atoms with E-state index in [0.717, 1.165) is 26.9 Å². The van der Waals surface area contributed by atoms with Crippen LogP contribution in [0, 0.1) is 0 Å². The lowest BCUT2D eigenvalue weighted by Crippen LogP contribution is -2.45. The molecule has 39 heavy (non-hydrogen) atoms. The van der Waals surface area contributed by atoms with E-state index in [1.807, 2.05) is 66.7 Å². The first-order chi connectivity index (χ1) is 19.0. The number of benzene rings is 2. The van der Waals surface area contributed by atoms with Crippen LogP contribution in [0.4, 0.5) is 0 Å². The highest BCUT2D eigenvalue weighted by Gasteiger charge is 2.22. The number of carbonyl (C=O) groups is 2. The molecule has 0 spiro atoms. The maximum atomic E-state index is 12.6. The second kappa shape index (κ2) is 13.7. The van der Waals surface area contributed by atoms with E-state index < -0.39 is 11.9 Å². The number of carbonyl (C=O) groups excluding carboxylic acids is 2. The van der Waals surface area contributed by atoms with Gasteiger partial charge in [-0.25, -0.2) is 4.68 Å². The van der Waals surface area contributed by atoms with Gasteiger partial charge in [0.25, 0.3) is 0 Å². The first-order valence-electron chi connectivity index (χ1n) is 12.6. The zero-order valence-electron chi connectivity index (χ0n) is 21.3. The second-order valence-electron chi connectivity index (χ2n) is 8.90. The number of halogens is 1. The summed E-state index contributed by atoms with van der Waals surface area (Å²) in [6.45, 7) is 0.129. The van der Waals surface area contributed by atoms with Gasteiger partial charge in [0.05, 0.1) is 12.3 Å². The van der Waals surface area contributed by atoms with Gasteiger partial charge in [0.1, 0.15) is 11.7 Å². The molecule has 0 aliphatic carbocycles. The zero-order chi connectivity index (χ0) is 27.6. The summed E-state index contributed by atoms with van der Waals surface area (Å²) in [6, 6.07) is 20.0. The van der Waals surface area contributed by atoms with Crippen molar-refractivity contribution in [1.82, 2.24) is 20.1 Å². The minimum Gasteiger partial charge on any atom is -0.477 e. The third kappa shape index (κ3) is 7.52. The van der Waals surface area contributed by atoms with Crippen molar-refractivity contribution in [2.24, 2.45) is 5.73 Å². The van der Waals surface area contributed by atoms with Gasteiger partial charge in [-0.15, -0.1) is 0 Å². The fraction of sp³-hybridized carbons (Fsp3) is 0.241. The summed E-state index contributed by atoms with van der Waals surface area (Å²) in [7, 11) is 0. The fourth-order valence-electron chi connectivity index (χ4n) is 4.18. The number of aliphatic hydroxyl groups is 1. The standard InChI is InChI=1S/C29H30BrN5O4/c30-22-10-4-11-23(18-22)35-29(24(13-15-36)27(34-35)21-9-5-14-32-19-21)39-16-6-12-26(37)33-25(28(31)38)17-20-7-2-1-3-8-20/h1-5,7-11,14,18-19,25,36H,6,12-13,15-17H2,(H2,31,38)(H,33,37)/t25-/m0/s1. The molecule has 4 N–H and O–H groups in total. The SMILES string of the molecule is NC(=O)[C@H](Cc1ccccc1)NC(=O)CCCOc1c(CCO)c(-c2cccnc2)nn1-c1cccc(Br)c1. The normalized spacial score (nSPS) is 11.6. The molecule has 2 amide bonds. The van der Waals surface area contributed by atoms with Crippen molar-refractivity contribution >= 4 is 27.7 Å². The van der Waals surface area contributed by atoms with Crippen molar-refractivity contribution in [2.45, 2.75) is 31.7 Å². The Morgan fingerprint density at radius 2 is 1.92 bits per heavy atom. The molecule has 0 fully saturated rings. The van der Waals surface area contributed by atoms with Gasteiger partial charge in [-0.2, -0.15) is 5.10 Å². The van der Waals surface area contributed by atoms with Crippen molar-refractivity contribution in [1.29, 1.82) is 0 Å².